The fraction of sp³-hybridized carbons (Fsp3) is 0.297. The maximum atomic E-state index is 6.51. The van der Waals surface area contributed by atoms with Crippen molar-refractivity contribution in [1.82, 2.24) is 0 Å². The monoisotopic (exact) mass is 743 g/mol. The average molecular weight is 744 g/mol. The van der Waals surface area contributed by atoms with Gasteiger partial charge < -0.3 is 0 Å². The first-order valence-corrected chi connectivity index (χ1v) is 17.9. The molecule has 6 bridgehead atoms. The molecule has 0 radical (unpaired) electrons. The molecule has 4 aliphatic heterocycles. The van der Waals surface area contributed by atoms with Crippen LogP contribution in [-0.4, -0.2) is 20.4 Å². The Morgan fingerprint density at radius 1 is 0.651 bits per heavy atom. The quantitative estimate of drug-likeness (QED) is 0.177. The van der Waals surface area contributed by atoms with Crippen LogP contribution in [0.4, 0.5) is 22.7 Å². The Labute approximate surface area is 260 Å². The second-order valence-electron chi connectivity index (χ2n) is 12.6. The van der Waals surface area contributed by atoms with Crippen molar-refractivity contribution in [3.63, 3.8) is 0 Å². The molecule has 5 nitrogen and oxygen atoms in total. The van der Waals surface area contributed by atoms with Crippen LogP contribution in [0.3, 0.4) is 0 Å². The van der Waals surface area contributed by atoms with Crippen LogP contribution in [0, 0.1) is 12.1 Å². The molecule has 6 aliphatic rings. The van der Waals surface area contributed by atoms with Crippen molar-refractivity contribution in [2.24, 2.45) is 0 Å². The third kappa shape index (κ3) is 3.43. The van der Waals surface area contributed by atoms with Crippen LogP contribution in [0.5, 0.6) is 11.5 Å². The Bertz CT molecular complexity index is 1870. The molecular formula is C37H32N4OPt-2. The Kier molecular flexibility index (Phi) is 5.26. The summed E-state index contributed by atoms with van der Waals surface area (Å²) >= 11 is -0.574. The topological polar surface area (TPSA) is 22.2 Å². The van der Waals surface area contributed by atoms with E-state index in [1.54, 1.807) is 4.15 Å². The summed E-state index contributed by atoms with van der Waals surface area (Å²) in [5.41, 5.74) is 7.75. The molecule has 0 amide bonds. The fourth-order valence-electron chi connectivity index (χ4n) is 8.54. The number of para-hydroxylation sites is 4. The van der Waals surface area contributed by atoms with Crippen LogP contribution >= 0.6 is 0 Å². The van der Waals surface area contributed by atoms with Gasteiger partial charge in [0.15, 0.2) is 0 Å². The molecule has 1 spiro atoms. The summed E-state index contributed by atoms with van der Waals surface area (Å²) < 4.78 is 9.56. The first kappa shape index (κ1) is 24.7. The van der Waals surface area contributed by atoms with Gasteiger partial charge in [0.05, 0.1) is 0 Å². The average Bonchev–Trinajstić information content (AvgIpc) is 3.81. The Morgan fingerprint density at radius 2 is 1.30 bits per heavy atom. The zero-order valence-corrected chi connectivity index (χ0v) is 26.2. The number of hydrogen-bond donors (Lipinski definition) is 0. The van der Waals surface area contributed by atoms with Gasteiger partial charge in [-0.3, -0.25) is 0 Å². The molecule has 10 rings (SSSR count). The fourth-order valence-corrected chi connectivity index (χ4v) is 12.6. The van der Waals surface area contributed by atoms with Gasteiger partial charge in [-0.15, -0.1) is 0 Å². The minimum absolute atomic E-state index is 0.143. The molecule has 4 heterocycles. The summed E-state index contributed by atoms with van der Waals surface area (Å²) in [6.45, 7) is 0.784. The van der Waals surface area contributed by atoms with E-state index in [1.807, 2.05) is 6.07 Å². The van der Waals surface area contributed by atoms with Gasteiger partial charge >= 0.3 is 262 Å². The van der Waals surface area contributed by atoms with Gasteiger partial charge in [-0.05, 0) is 0 Å². The summed E-state index contributed by atoms with van der Waals surface area (Å²) in [7, 11) is 0. The van der Waals surface area contributed by atoms with Crippen molar-refractivity contribution < 1.29 is 22.4 Å². The van der Waals surface area contributed by atoms with Crippen molar-refractivity contribution in [3.8, 4) is 11.5 Å². The third-order valence-corrected chi connectivity index (χ3v) is 13.5. The molecule has 2 saturated carbocycles. The van der Waals surface area contributed by atoms with Gasteiger partial charge in [-0.2, -0.15) is 0 Å². The molecule has 218 valence electrons. The SMILES string of the molecule is [c-]1c2cccc1Oc1[c-]c(ccc1)C1(CCCC1)N1[C]3=[Pt]=[C]4N(C2)c2ccccc2N4C2CCCC2N3c2ccccc21. The van der Waals surface area contributed by atoms with E-state index in [0.717, 1.165) is 36.4 Å². The second-order valence-corrected chi connectivity index (χ2v) is 15.2. The molecule has 2 atom stereocenters. The zero-order chi connectivity index (χ0) is 28.1. The number of benzene rings is 4. The van der Waals surface area contributed by atoms with Gasteiger partial charge in [0, 0.05) is 0 Å². The molecule has 2 aliphatic carbocycles. The number of rotatable bonds is 0. The van der Waals surface area contributed by atoms with E-state index in [9.17, 15) is 0 Å². The zero-order valence-electron chi connectivity index (χ0n) is 23.9. The minimum atomic E-state index is -0.574. The van der Waals surface area contributed by atoms with Crippen molar-refractivity contribution in [2.75, 3.05) is 19.6 Å². The van der Waals surface area contributed by atoms with E-state index in [1.165, 1.54) is 64.6 Å². The third-order valence-electron chi connectivity index (χ3n) is 10.3. The predicted molar refractivity (Wildman–Crippen MR) is 169 cm³/mol. The van der Waals surface area contributed by atoms with E-state index in [-0.39, 0.29) is 5.54 Å². The molecule has 4 aromatic rings. The molecule has 4 aromatic carbocycles. The second kappa shape index (κ2) is 9.16. The van der Waals surface area contributed by atoms with Crippen molar-refractivity contribution >= 4 is 31.0 Å². The van der Waals surface area contributed by atoms with E-state index < -0.39 is 17.6 Å². The number of ether oxygens (including phenoxy) is 1. The van der Waals surface area contributed by atoms with Crippen LogP contribution in [-0.2, 0) is 29.7 Å². The van der Waals surface area contributed by atoms with Gasteiger partial charge in [0.25, 0.3) is 0 Å². The first-order chi connectivity index (χ1) is 21.3. The predicted octanol–water partition coefficient (Wildman–Crippen LogP) is 7.21. The first-order valence-electron chi connectivity index (χ1n) is 15.7. The Hall–Kier alpha value is -3.69. The van der Waals surface area contributed by atoms with Crippen LogP contribution in [0.25, 0.3) is 0 Å². The summed E-state index contributed by atoms with van der Waals surface area (Å²) in [5, 5.41) is 0. The van der Waals surface area contributed by atoms with Crippen molar-refractivity contribution in [1.29, 1.82) is 0 Å². The number of anilines is 4. The van der Waals surface area contributed by atoms with Gasteiger partial charge in [0.1, 0.15) is 0 Å². The molecule has 43 heavy (non-hydrogen) atoms. The Morgan fingerprint density at radius 3 is 2.09 bits per heavy atom. The van der Waals surface area contributed by atoms with E-state index >= 15 is 0 Å². The van der Waals surface area contributed by atoms with Crippen LogP contribution in [0.1, 0.15) is 56.1 Å². The molecule has 2 unspecified atom stereocenters. The van der Waals surface area contributed by atoms with Gasteiger partial charge in [-0.1, -0.05) is 0 Å². The maximum absolute atomic E-state index is 6.51. The molecule has 6 heteroatoms. The van der Waals surface area contributed by atoms with Gasteiger partial charge in [-0.25, -0.2) is 0 Å². The standard InChI is InChI=1S/C37H32N4O.Pt/c1-2-15-32-31(14-1)38-24-27-10-7-12-29(22-27)42-30-13-8-11-28(23-30)37(20-5-6-21-37)41-26-40(35-16-3-4-17-36(35)41)34-19-9-18-33(34)39(32)25-38;/h1-4,7-8,10-17,33-34H,5-6,9,18-21,24H2;/q-2;. The summed E-state index contributed by atoms with van der Waals surface area (Å²) in [6.07, 6.45) is 8.42. The van der Waals surface area contributed by atoms with Crippen molar-refractivity contribution in [3.05, 3.63) is 108 Å². The van der Waals surface area contributed by atoms with Crippen LogP contribution in [0.2, 0.25) is 0 Å². The van der Waals surface area contributed by atoms with Crippen LogP contribution in [0.15, 0.2) is 84.9 Å². The van der Waals surface area contributed by atoms with E-state index in [4.69, 9.17) is 4.74 Å². The molecule has 2 fully saturated rings. The number of fused-ring (bicyclic) bond motifs is 15. The van der Waals surface area contributed by atoms with Gasteiger partial charge in [0.2, 0.25) is 0 Å². The normalized spacial score (nSPS) is 24.2. The number of nitrogens with zero attached hydrogens (tertiary/aromatic N) is 4. The Balaban J connectivity index is 1.32. The molecule has 0 saturated heterocycles. The molecular weight excluding hydrogens is 712 g/mol. The summed E-state index contributed by atoms with van der Waals surface area (Å²) in [4.78, 5) is 11.1. The van der Waals surface area contributed by atoms with Crippen molar-refractivity contribution in [2.45, 2.75) is 69.1 Å². The molecule has 0 N–H and O–H groups in total. The summed E-state index contributed by atoms with van der Waals surface area (Å²) in [6, 6.07) is 39.6. The summed E-state index contributed by atoms with van der Waals surface area (Å²) in [5.74, 6) is 1.54. The molecule has 0 aromatic heterocycles. The van der Waals surface area contributed by atoms with E-state index in [2.05, 4.69) is 111 Å². The number of hydrogen-bond acceptors (Lipinski definition) is 5. The van der Waals surface area contributed by atoms with Crippen LogP contribution < -0.4 is 24.3 Å². The van der Waals surface area contributed by atoms with E-state index in [0.29, 0.717) is 12.1 Å².